The van der Waals surface area contributed by atoms with Crippen molar-refractivity contribution in [3.05, 3.63) is 15.6 Å². The third kappa shape index (κ3) is 2.29. The molecule has 7 heteroatoms. The number of carbonyl (C=O) groups excluding carboxylic acids is 1. The summed E-state index contributed by atoms with van der Waals surface area (Å²) in [6.45, 7) is 1.89. The minimum atomic E-state index is -4.44. The van der Waals surface area contributed by atoms with Crippen LogP contribution < -0.4 is 0 Å². The van der Waals surface area contributed by atoms with Crippen LogP contribution in [-0.4, -0.2) is 17.6 Å². The quantitative estimate of drug-likeness (QED) is 0.772. The Balaban J connectivity index is 2.26. The lowest BCUT2D eigenvalue weighted by Gasteiger charge is -2.08. The van der Waals surface area contributed by atoms with E-state index in [4.69, 9.17) is 4.74 Å². The van der Waals surface area contributed by atoms with Gasteiger partial charge < -0.3 is 4.74 Å². The van der Waals surface area contributed by atoms with Gasteiger partial charge in [-0.15, -0.1) is 11.3 Å². The van der Waals surface area contributed by atoms with Gasteiger partial charge in [-0.1, -0.05) is 0 Å². The van der Waals surface area contributed by atoms with Crippen LogP contribution in [-0.2, 0) is 22.1 Å². The van der Waals surface area contributed by atoms with Gasteiger partial charge in [0, 0.05) is 4.88 Å². The van der Waals surface area contributed by atoms with Gasteiger partial charge in [-0.05, 0) is 19.8 Å². The maximum atomic E-state index is 12.4. The molecule has 0 spiro atoms. The average molecular weight is 265 g/mol. The number of halogens is 3. The van der Waals surface area contributed by atoms with E-state index in [2.05, 4.69) is 4.98 Å². The second-order valence-corrected chi connectivity index (χ2v) is 4.75. The lowest BCUT2D eigenvalue weighted by atomic mass is 10.1. The number of thiazole rings is 1. The molecule has 94 valence electrons. The zero-order chi connectivity index (χ0) is 12.6. The van der Waals surface area contributed by atoms with Crippen molar-refractivity contribution in [2.45, 2.75) is 31.9 Å². The maximum Gasteiger partial charge on any atom is 0.443 e. The predicted octanol–water partition coefficient (Wildman–Crippen LogP) is 2.75. The molecular weight excluding hydrogens is 255 g/mol. The Morgan fingerprint density at radius 1 is 1.59 bits per heavy atom. The fourth-order valence-corrected chi connectivity index (χ4v) is 2.83. The molecule has 1 aromatic heterocycles. The summed E-state index contributed by atoms with van der Waals surface area (Å²) in [5.41, 5.74) is 0.251. The van der Waals surface area contributed by atoms with Gasteiger partial charge in [-0.3, -0.25) is 4.79 Å². The molecule has 0 saturated carbocycles. The second kappa shape index (κ2) is 4.29. The van der Waals surface area contributed by atoms with Crippen LogP contribution in [0.3, 0.4) is 0 Å². The number of aryl methyl sites for hydroxylation is 1. The first-order chi connectivity index (χ1) is 7.93. The van der Waals surface area contributed by atoms with E-state index in [1.54, 1.807) is 6.92 Å². The zero-order valence-corrected chi connectivity index (χ0v) is 9.82. The molecule has 1 aliphatic rings. The normalized spacial score (nSPS) is 19.2. The Morgan fingerprint density at radius 2 is 2.29 bits per heavy atom. The molecule has 1 aromatic rings. The third-order valence-electron chi connectivity index (χ3n) is 2.53. The van der Waals surface area contributed by atoms with Gasteiger partial charge in [-0.25, -0.2) is 4.98 Å². The lowest BCUT2D eigenvalue weighted by Crippen LogP contribution is -2.14. The molecule has 2 rings (SSSR count). The summed E-state index contributed by atoms with van der Waals surface area (Å²) >= 11 is 0.624. The van der Waals surface area contributed by atoms with Gasteiger partial charge in [-0.2, -0.15) is 13.2 Å². The van der Waals surface area contributed by atoms with Gasteiger partial charge in [0.05, 0.1) is 12.3 Å². The van der Waals surface area contributed by atoms with Crippen molar-refractivity contribution >= 4 is 17.3 Å². The minimum Gasteiger partial charge on any atom is -0.465 e. The lowest BCUT2D eigenvalue weighted by molar-refractivity contribution is -0.145. The van der Waals surface area contributed by atoms with Crippen LogP contribution in [0.15, 0.2) is 0 Å². The van der Waals surface area contributed by atoms with Crippen LogP contribution in [0, 0.1) is 0 Å². The molecular formula is C10H10F3NO2S. The number of carbonyl (C=O) groups is 1. The number of rotatable bonds is 2. The number of hydrogen-bond donors (Lipinski definition) is 0. The van der Waals surface area contributed by atoms with E-state index in [-0.39, 0.29) is 12.3 Å². The van der Waals surface area contributed by atoms with Crippen molar-refractivity contribution in [2.75, 3.05) is 6.61 Å². The average Bonchev–Trinajstić information content (AvgIpc) is 2.73. The number of hydrogen-bond acceptors (Lipinski definition) is 4. The number of esters is 1. The van der Waals surface area contributed by atoms with Crippen molar-refractivity contribution in [1.29, 1.82) is 0 Å². The van der Waals surface area contributed by atoms with Crippen molar-refractivity contribution in [2.24, 2.45) is 0 Å². The molecule has 0 aromatic carbocycles. The second-order valence-electron chi connectivity index (χ2n) is 3.67. The van der Waals surface area contributed by atoms with Crippen LogP contribution in [0.25, 0.3) is 0 Å². The van der Waals surface area contributed by atoms with Gasteiger partial charge in [0.15, 0.2) is 5.01 Å². The third-order valence-corrected chi connectivity index (χ3v) is 3.71. The fourth-order valence-electron chi connectivity index (χ4n) is 1.82. The first-order valence-electron chi connectivity index (χ1n) is 5.17. The molecule has 0 fully saturated rings. The monoisotopic (exact) mass is 265 g/mol. The molecule has 1 aliphatic carbocycles. The van der Waals surface area contributed by atoms with E-state index in [1.807, 2.05) is 0 Å². The molecule has 1 unspecified atom stereocenters. The highest BCUT2D eigenvalue weighted by Gasteiger charge is 2.40. The molecule has 0 bridgehead atoms. The number of fused-ring (bicyclic) bond motifs is 1. The number of aromatic nitrogens is 1. The first kappa shape index (κ1) is 12.3. The molecule has 1 atom stereocenters. The fraction of sp³-hybridized carbons (Fsp3) is 0.600. The molecule has 0 amide bonds. The highest BCUT2D eigenvalue weighted by Crippen LogP contribution is 2.42. The summed E-state index contributed by atoms with van der Waals surface area (Å²) in [7, 11) is 0. The van der Waals surface area contributed by atoms with E-state index in [1.165, 1.54) is 0 Å². The highest BCUT2D eigenvalue weighted by atomic mass is 32.1. The molecule has 0 N–H and O–H groups in total. The van der Waals surface area contributed by atoms with Crippen molar-refractivity contribution in [3.63, 3.8) is 0 Å². The Kier molecular flexibility index (Phi) is 3.11. The molecule has 0 radical (unpaired) electrons. The van der Waals surface area contributed by atoms with Gasteiger partial charge in [0.25, 0.3) is 0 Å². The summed E-state index contributed by atoms with van der Waals surface area (Å²) < 4.78 is 42.2. The first-order valence-corrected chi connectivity index (χ1v) is 5.98. The zero-order valence-electron chi connectivity index (χ0n) is 9.00. The molecule has 0 saturated heterocycles. The van der Waals surface area contributed by atoms with Crippen molar-refractivity contribution < 1.29 is 22.7 Å². The number of ether oxygens (including phenoxy) is 1. The summed E-state index contributed by atoms with van der Waals surface area (Å²) in [5.74, 6) is -1.11. The standard InChI is InChI=1S/C10H10F3NO2S/c1-2-16-8(15)5-3-4-6-7(5)14-9(17-6)10(11,12)13/h5H,2-4H2,1H3. The SMILES string of the molecule is CCOC(=O)C1CCc2sc(C(F)(F)F)nc21. The van der Waals surface area contributed by atoms with E-state index >= 15 is 0 Å². The number of alkyl halides is 3. The largest absolute Gasteiger partial charge is 0.465 e. The number of nitrogens with zero attached hydrogens (tertiary/aromatic N) is 1. The van der Waals surface area contributed by atoms with E-state index in [9.17, 15) is 18.0 Å². The van der Waals surface area contributed by atoms with Gasteiger partial charge in [0.1, 0.15) is 5.92 Å². The van der Waals surface area contributed by atoms with Crippen LogP contribution in [0.4, 0.5) is 13.2 Å². The summed E-state index contributed by atoms with van der Waals surface area (Å²) in [6, 6.07) is 0. The van der Waals surface area contributed by atoms with E-state index in [0.29, 0.717) is 29.1 Å². The molecule has 17 heavy (non-hydrogen) atoms. The van der Waals surface area contributed by atoms with E-state index in [0.717, 1.165) is 0 Å². The van der Waals surface area contributed by atoms with Crippen LogP contribution >= 0.6 is 11.3 Å². The Labute approximate surface area is 99.6 Å². The van der Waals surface area contributed by atoms with Crippen molar-refractivity contribution in [1.82, 2.24) is 4.98 Å². The molecule has 3 nitrogen and oxygen atoms in total. The predicted molar refractivity (Wildman–Crippen MR) is 54.8 cm³/mol. The van der Waals surface area contributed by atoms with Crippen LogP contribution in [0.2, 0.25) is 0 Å². The topological polar surface area (TPSA) is 39.2 Å². The summed E-state index contributed by atoms with van der Waals surface area (Å²) in [4.78, 5) is 15.6. The smallest absolute Gasteiger partial charge is 0.443 e. The van der Waals surface area contributed by atoms with Crippen LogP contribution in [0.5, 0.6) is 0 Å². The Hall–Kier alpha value is -1.11. The Morgan fingerprint density at radius 3 is 2.88 bits per heavy atom. The molecule has 0 aliphatic heterocycles. The van der Waals surface area contributed by atoms with Crippen molar-refractivity contribution in [3.8, 4) is 0 Å². The van der Waals surface area contributed by atoms with Crippen LogP contribution in [0.1, 0.15) is 34.8 Å². The summed E-state index contributed by atoms with van der Waals surface area (Å²) in [6.07, 6.45) is -3.48. The molecule has 1 heterocycles. The van der Waals surface area contributed by atoms with Gasteiger partial charge in [0.2, 0.25) is 0 Å². The van der Waals surface area contributed by atoms with Gasteiger partial charge >= 0.3 is 12.1 Å². The maximum absolute atomic E-state index is 12.4. The highest BCUT2D eigenvalue weighted by molar-refractivity contribution is 7.11. The minimum absolute atomic E-state index is 0.223. The summed E-state index contributed by atoms with van der Waals surface area (Å²) in [5, 5.41) is -0.878. The van der Waals surface area contributed by atoms with E-state index < -0.39 is 23.1 Å². The Bertz CT molecular complexity index is 441.